The molecule has 6 aliphatic heterocycles. The number of benzene rings is 4. The van der Waals surface area contributed by atoms with Crippen LogP contribution in [0.2, 0.25) is 0 Å². The number of rotatable bonds is 31. The monoisotopic (exact) mass is 1430 g/mol. The minimum atomic E-state index is -4.09. The molecule has 552 valence electrons. The Hall–Kier alpha value is -6.97. The Morgan fingerprint density at radius 1 is 0.576 bits per heavy atom. The highest BCUT2D eigenvalue weighted by atomic mass is 32.2. The smallest absolute Gasteiger partial charge is 0.407 e. The van der Waals surface area contributed by atoms with Crippen LogP contribution in [0.1, 0.15) is 100 Å². The first kappa shape index (κ1) is 79.4. The number of sulfonamides is 2. The summed E-state index contributed by atoms with van der Waals surface area (Å²) in [6, 6.07) is 21.4. The first-order valence-corrected chi connectivity index (χ1v) is 35.9. The molecule has 0 radical (unpaired) electrons. The second-order valence-electron chi connectivity index (χ2n) is 26.4. The number of nitrogens with one attached hydrogen (secondary N) is 3. The number of carbonyl (C=O) groups is 3. The van der Waals surface area contributed by atoms with Gasteiger partial charge in [0.1, 0.15) is 29.3 Å². The average molecular weight is 1430 g/mol. The molecule has 10 rings (SSSR count). The predicted molar refractivity (Wildman–Crippen MR) is 364 cm³/mol. The summed E-state index contributed by atoms with van der Waals surface area (Å²) in [4.78, 5) is 38.3. The molecule has 0 spiro atoms. The molecule has 28 nitrogen and oxygen atoms in total. The molecular weight excluding hydrogens is 1330 g/mol. The molecule has 4 saturated heterocycles. The van der Waals surface area contributed by atoms with Crippen LogP contribution >= 0.6 is 0 Å². The van der Waals surface area contributed by atoms with E-state index in [9.17, 15) is 41.4 Å². The zero-order chi connectivity index (χ0) is 69.4. The highest BCUT2D eigenvalue weighted by Crippen LogP contribution is 2.38. The number of ether oxygens (including phenoxy) is 13. The second-order valence-corrected chi connectivity index (χ2v) is 30.2. The van der Waals surface area contributed by atoms with Crippen LogP contribution in [-0.4, -0.2) is 201 Å². The summed E-state index contributed by atoms with van der Waals surface area (Å²) in [5.41, 5.74) is 6.52. The summed E-state index contributed by atoms with van der Waals surface area (Å²) in [5.74, 6) is 2.58. The Labute approximate surface area is 582 Å². The van der Waals surface area contributed by atoms with Crippen LogP contribution in [0.5, 0.6) is 34.5 Å². The summed E-state index contributed by atoms with van der Waals surface area (Å²) < 4.78 is 130. The molecule has 0 aromatic heterocycles. The van der Waals surface area contributed by atoms with Crippen molar-refractivity contribution < 1.29 is 103 Å². The standard InChI is InChI=1S/C36H51N3O12S.C31H43N3O10S.2CH4/c1-23(2)19-39(52(43,44)26-11-12-30-31(18-26)49-22-48-30)20-29(40)28(38-35(42)50-32-21-47-33-27(32)13-16-46-33)17-24-7-9-25(10-8-24)45-15-6-14-37-34(41)51-36(3,4)5;1-20(2)16-34(45(37,38)23-8-9-27-28(15-23)43-19-42-27)17-26(35)25(14-21-4-6-22(7-5-21)39-12-3-11-32)33-31(36)44-29-18-41-30-24(29)10-13-40-30;;/h7-12,18,23,27-29,32-33,40H,6,13-17,19-22H2,1-5H3,(H,37,41)(H,38,42);4-9,15,20,24-26,29-30,35H,3,10-14,16-19,32H2,1-2H3,(H,33,36);2*1H4/t27-,28-,29+,32+,33+;24-,25-,26+,29+,30+;;/m00../s1. The largest absolute Gasteiger partial charge is 0.494 e. The molecule has 3 amide bonds. The Morgan fingerprint density at radius 2 is 0.990 bits per heavy atom. The fourth-order valence-corrected chi connectivity index (χ4v) is 15.0. The van der Waals surface area contributed by atoms with Crippen molar-refractivity contribution in [3.05, 3.63) is 96.1 Å². The Bertz CT molecular complexity index is 3460. The fraction of sp³-hybridized carbons (Fsp3) is 0.609. The third-order valence-electron chi connectivity index (χ3n) is 16.5. The van der Waals surface area contributed by atoms with Crippen LogP contribution in [-0.2, 0) is 66.0 Å². The lowest BCUT2D eigenvalue weighted by atomic mass is 10.0. The van der Waals surface area contributed by atoms with E-state index in [4.69, 9.17) is 67.3 Å². The minimum Gasteiger partial charge on any atom is -0.494 e. The van der Waals surface area contributed by atoms with E-state index in [1.54, 1.807) is 57.2 Å². The molecule has 10 atom stereocenters. The SMILES string of the molecule is C.C.CC(C)CN(C[C@@H](O)[C@H](Cc1ccc(OCCCN)cc1)NC(=O)O[C@@H]1CO[C@H]2OCC[C@H]21)S(=O)(=O)c1ccc2c(c1)OCO2.CC(C)CN(C[C@@H](O)[C@H](Cc1ccc(OCCCNC(=O)OC(C)(C)C)cc1)NC(=O)O[C@@H]1CO[C@H]2OCC[C@H]21)S(=O)(=O)c1ccc2c(c1)OCO2. The maximum Gasteiger partial charge on any atom is 0.407 e. The summed E-state index contributed by atoms with van der Waals surface area (Å²) in [5, 5.41) is 31.5. The molecule has 0 aliphatic carbocycles. The second kappa shape index (κ2) is 36.6. The van der Waals surface area contributed by atoms with Gasteiger partial charge in [0.25, 0.3) is 0 Å². The molecule has 0 unspecified atom stereocenters. The predicted octanol–water partition coefficient (Wildman–Crippen LogP) is 7.34. The third kappa shape index (κ3) is 22.5. The molecule has 4 fully saturated rings. The highest BCUT2D eigenvalue weighted by Gasteiger charge is 2.46. The van der Waals surface area contributed by atoms with Gasteiger partial charge < -0.3 is 93.5 Å². The van der Waals surface area contributed by atoms with E-state index in [0.29, 0.717) is 86.9 Å². The lowest BCUT2D eigenvalue weighted by Gasteiger charge is -2.31. The number of aliphatic hydroxyl groups is 2. The fourth-order valence-electron chi connectivity index (χ4n) is 11.7. The molecule has 7 N–H and O–H groups in total. The number of hydrogen-bond acceptors (Lipinski definition) is 23. The van der Waals surface area contributed by atoms with E-state index in [0.717, 1.165) is 24.0 Å². The van der Waals surface area contributed by atoms with Crippen LogP contribution in [0.3, 0.4) is 0 Å². The van der Waals surface area contributed by atoms with Crippen LogP contribution in [0.4, 0.5) is 14.4 Å². The van der Waals surface area contributed by atoms with E-state index in [-0.39, 0.29) is 120 Å². The van der Waals surface area contributed by atoms with Crippen molar-refractivity contribution in [1.29, 1.82) is 0 Å². The van der Waals surface area contributed by atoms with Crippen LogP contribution in [0.25, 0.3) is 0 Å². The molecule has 6 heterocycles. The van der Waals surface area contributed by atoms with Crippen molar-refractivity contribution in [3.8, 4) is 34.5 Å². The lowest BCUT2D eigenvalue weighted by molar-refractivity contribution is -0.0909. The van der Waals surface area contributed by atoms with Crippen LogP contribution in [0.15, 0.2) is 94.7 Å². The maximum absolute atomic E-state index is 13.9. The van der Waals surface area contributed by atoms with Crippen molar-refractivity contribution in [2.24, 2.45) is 29.4 Å². The third-order valence-corrected chi connectivity index (χ3v) is 20.2. The Morgan fingerprint density at radius 3 is 1.39 bits per heavy atom. The van der Waals surface area contributed by atoms with Crippen molar-refractivity contribution in [2.45, 2.75) is 166 Å². The van der Waals surface area contributed by atoms with Crippen molar-refractivity contribution in [3.63, 3.8) is 0 Å². The number of fused-ring (bicyclic) bond motifs is 4. The molecule has 0 bridgehead atoms. The zero-order valence-electron chi connectivity index (χ0n) is 56.0. The first-order chi connectivity index (χ1) is 46.3. The Balaban J connectivity index is 0.000000275. The van der Waals surface area contributed by atoms with Gasteiger partial charge in [-0.1, -0.05) is 66.8 Å². The van der Waals surface area contributed by atoms with Gasteiger partial charge in [-0.25, -0.2) is 31.2 Å². The van der Waals surface area contributed by atoms with Gasteiger partial charge in [0.05, 0.1) is 85.6 Å². The zero-order valence-corrected chi connectivity index (χ0v) is 57.6. The van der Waals surface area contributed by atoms with E-state index < -0.39 is 86.7 Å². The van der Waals surface area contributed by atoms with E-state index >= 15 is 0 Å². The van der Waals surface area contributed by atoms with Gasteiger partial charge in [0, 0.05) is 44.9 Å². The summed E-state index contributed by atoms with van der Waals surface area (Å²) >= 11 is 0. The molecule has 99 heavy (non-hydrogen) atoms. The van der Waals surface area contributed by atoms with Crippen molar-refractivity contribution in [2.75, 3.05) is 92.5 Å². The van der Waals surface area contributed by atoms with Crippen LogP contribution < -0.4 is 50.1 Å². The number of nitrogens with two attached hydrogens (primary N) is 1. The summed E-state index contributed by atoms with van der Waals surface area (Å²) in [6.07, 6.45) is -3.31. The summed E-state index contributed by atoms with van der Waals surface area (Å²) in [6.45, 7) is 15.9. The van der Waals surface area contributed by atoms with Gasteiger partial charge in [0.15, 0.2) is 35.6 Å². The highest BCUT2D eigenvalue weighted by molar-refractivity contribution is 7.89. The maximum atomic E-state index is 13.9. The van der Waals surface area contributed by atoms with Gasteiger partial charge in [0.2, 0.25) is 33.6 Å². The number of amides is 3. The Kier molecular flexibility index (Phi) is 29.3. The number of hydrogen-bond donors (Lipinski definition) is 6. The van der Waals surface area contributed by atoms with E-state index in [2.05, 4.69) is 16.0 Å². The van der Waals surface area contributed by atoms with Crippen LogP contribution in [0, 0.1) is 23.7 Å². The molecular formula is C69H102N6O22S2. The van der Waals surface area contributed by atoms with Crippen molar-refractivity contribution >= 4 is 38.3 Å². The first-order valence-electron chi connectivity index (χ1n) is 33.0. The number of nitrogens with zero attached hydrogens (tertiary/aromatic N) is 2. The number of carbonyl (C=O) groups excluding carboxylic acids is 3. The number of alkyl carbamates (subject to hydrolysis) is 3. The average Bonchev–Trinajstić information content (AvgIpc) is 1.80. The minimum absolute atomic E-state index is 0. The molecule has 0 saturated carbocycles. The van der Waals surface area contributed by atoms with Crippen molar-refractivity contribution in [1.82, 2.24) is 24.6 Å². The molecule has 30 heteroatoms. The number of aliphatic hydroxyl groups excluding tert-OH is 2. The molecule has 4 aromatic rings. The normalized spacial score (nSPS) is 20.9. The lowest BCUT2D eigenvalue weighted by Crippen LogP contribution is -2.51. The van der Waals surface area contributed by atoms with Gasteiger partial charge in [-0.15, -0.1) is 0 Å². The summed E-state index contributed by atoms with van der Waals surface area (Å²) in [7, 11) is -8.15. The van der Waals surface area contributed by atoms with Gasteiger partial charge >= 0.3 is 18.3 Å². The molecule has 4 aromatic carbocycles. The van der Waals surface area contributed by atoms with Gasteiger partial charge in [-0.3, -0.25) is 0 Å². The quantitative estimate of drug-likeness (QED) is 0.0212. The van der Waals surface area contributed by atoms with E-state index in [1.165, 1.54) is 32.9 Å². The van der Waals surface area contributed by atoms with Gasteiger partial charge in [-0.2, -0.15) is 8.61 Å². The van der Waals surface area contributed by atoms with E-state index in [1.807, 2.05) is 52.0 Å². The molecule has 6 aliphatic rings. The topological polar surface area (TPSA) is 349 Å². The van der Waals surface area contributed by atoms with Gasteiger partial charge in [-0.05, 0) is 137 Å².